The minimum atomic E-state index is -1.02. The fourth-order valence-corrected chi connectivity index (χ4v) is 0.886. The highest BCUT2D eigenvalue weighted by Gasteiger charge is 2.11. The van der Waals surface area contributed by atoms with Crippen molar-refractivity contribution in [2.45, 2.75) is 6.42 Å². The largest absolute Gasteiger partial charge is 0.480 e. The van der Waals surface area contributed by atoms with E-state index in [0.29, 0.717) is 13.2 Å². The Morgan fingerprint density at radius 3 is 2.47 bits per heavy atom. The summed E-state index contributed by atoms with van der Waals surface area (Å²) in [6.45, 7) is 0.925. The molecular formula is C9H17NO5. The van der Waals surface area contributed by atoms with E-state index in [1.165, 1.54) is 7.05 Å². The van der Waals surface area contributed by atoms with Gasteiger partial charge in [-0.25, -0.2) is 0 Å². The molecule has 0 spiro atoms. The van der Waals surface area contributed by atoms with E-state index in [0.717, 1.165) is 4.90 Å². The molecule has 1 amide bonds. The number of methoxy groups -OCH3 is 1. The maximum Gasteiger partial charge on any atom is 0.323 e. The molecule has 0 saturated heterocycles. The van der Waals surface area contributed by atoms with Crippen molar-refractivity contribution in [3.05, 3.63) is 0 Å². The molecule has 0 aromatic heterocycles. The van der Waals surface area contributed by atoms with E-state index in [-0.39, 0.29) is 25.5 Å². The van der Waals surface area contributed by atoms with E-state index < -0.39 is 5.97 Å². The van der Waals surface area contributed by atoms with Crippen LogP contribution in [-0.4, -0.2) is 62.4 Å². The third-order valence-electron chi connectivity index (χ3n) is 1.69. The summed E-state index contributed by atoms with van der Waals surface area (Å²) in [4.78, 5) is 22.7. The molecule has 0 aliphatic heterocycles. The lowest BCUT2D eigenvalue weighted by atomic mass is 10.4. The maximum atomic E-state index is 11.3. The number of rotatable bonds is 8. The summed E-state index contributed by atoms with van der Waals surface area (Å²) in [6, 6.07) is 0. The van der Waals surface area contributed by atoms with Gasteiger partial charge in [0.1, 0.15) is 6.54 Å². The van der Waals surface area contributed by atoms with Crippen molar-refractivity contribution in [3.63, 3.8) is 0 Å². The minimum absolute atomic E-state index is 0.188. The summed E-state index contributed by atoms with van der Waals surface area (Å²) in [5, 5.41) is 8.43. The molecular weight excluding hydrogens is 202 g/mol. The number of nitrogens with zero attached hydrogens (tertiary/aromatic N) is 1. The van der Waals surface area contributed by atoms with Crippen LogP contribution in [0, 0.1) is 0 Å². The van der Waals surface area contributed by atoms with Crippen LogP contribution in [0.4, 0.5) is 0 Å². The van der Waals surface area contributed by atoms with Crippen molar-refractivity contribution in [3.8, 4) is 0 Å². The van der Waals surface area contributed by atoms with E-state index in [2.05, 4.69) is 0 Å². The molecule has 0 saturated carbocycles. The molecule has 6 nitrogen and oxygen atoms in total. The molecule has 0 aromatic carbocycles. The number of carbonyl (C=O) groups excluding carboxylic acids is 1. The van der Waals surface area contributed by atoms with Crippen LogP contribution in [0.2, 0.25) is 0 Å². The van der Waals surface area contributed by atoms with E-state index >= 15 is 0 Å². The van der Waals surface area contributed by atoms with Crippen LogP contribution in [0.15, 0.2) is 0 Å². The Labute approximate surface area is 88.8 Å². The lowest BCUT2D eigenvalue weighted by Crippen LogP contribution is -2.32. The van der Waals surface area contributed by atoms with Crippen molar-refractivity contribution in [2.75, 3.05) is 40.5 Å². The number of amides is 1. The molecule has 0 aliphatic rings. The molecule has 0 aliphatic carbocycles. The van der Waals surface area contributed by atoms with Gasteiger partial charge in [-0.05, 0) is 0 Å². The maximum absolute atomic E-state index is 11.3. The van der Waals surface area contributed by atoms with Crippen molar-refractivity contribution >= 4 is 11.9 Å². The first kappa shape index (κ1) is 13.9. The quantitative estimate of drug-likeness (QED) is 0.561. The Morgan fingerprint density at radius 1 is 1.27 bits per heavy atom. The second-order valence-electron chi connectivity index (χ2n) is 3.00. The average molecular weight is 219 g/mol. The summed E-state index contributed by atoms with van der Waals surface area (Å²) < 4.78 is 9.83. The molecule has 1 N–H and O–H groups in total. The van der Waals surface area contributed by atoms with Crippen molar-refractivity contribution in [1.82, 2.24) is 4.90 Å². The molecule has 0 atom stereocenters. The second kappa shape index (κ2) is 8.19. The molecule has 0 aromatic rings. The molecule has 6 heteroatoms. The van der Waals surface area contributed by atoms with Crippen LogP contribution in [0.1, 0.15) is 6.42 Å². The highest BCUT2D eigenvalue weighted by molar-refractivity contribution is 5.81. The third-order valence-corrected chi connectivity index (χ3v) is 1.69. The molecule has 0 bridgehead atoms. The van der Waals surface area contributed by atoms with Gasteiger partial charge in [0.2, 0.25) is 5.91 Å². The van der Waals surface area contributed by atoms with E-state index in [1.807, 2.05) is 0 Å². The zero-order valence-electron chi connectivity index (χ0n) is 9.06. The number of hydrogen-bond acceptors (Lipinski definition) is 4. The number of carboxylic acid groups (broad SMARTS) is 1. The Morgan fingerprint density at radius 2 is 1.93 bits per heavy atom. The lowest BCUT2D eigenvalue weighted by Gasteiger charge is -2.14. The van der Waals surface area contributed by atoms with Crippen LogP contribution >= 0.6 is 0 Å². The van der Waals surface area contributed by atoms with Crippen molar-refractivity contribution in [2.24, 2.45) is 0 Å². The number of ether oxygens (including phenoxy) is 2. The normalized spacial score (nSPS) is 10.0. The van der Waals surface area contributed by atoms with Gasteiger partial charge >= 0.3 is 5.97 Å². The fourth-order valence-electron chi connectivity index (χ4n) is 0.886. The molecule has 0 heterocycles. The topological polar surface area (TPSA) is 76.1 Å². The monoisotopic (exact) mass is 219 g/mol. The number of likely N-dealkylation sites (N-methyl/N-ethyl adjacent to an activating group) is 1. The lowest BCUT2D eigenvalue weighted by molar-refractivity contribution is -0.143. The van der Waals surface area contributed by atoms with Gasteiger partial charge in [-0.1, -0.05) is 0 Å². The summed E-state index contributed by atoms with van der Waals surface area (Å²) >= 11 is 0. The fraction of sp³-hybridized carbons (Fsp3) is 0.778. The third kappa shape index (κ3) is 7.90. The first-order valence-electron chi connectivity index (χ1n) is 4.60. The zero-order chi connectivity index (χ0) is 11.7. The van der Waals surface area contributed by atoms with Crippen LogP contribution < -0.4 is 0 Å². The van der Waals surface area contributed by atoms with E-state index in [4.69, 9.17) is 14.6 Å². The number of carbonyl (C=O) groups is 2. The van der Waals surface area contributed by atoms with Crippen molar-refractivity contribution in [1.29, 1.82) is 0 Å². The van der Waals surface area contributed by atoms with E-state index in [9.17, 15) is 9.59 Å². The predicted molar refractivity (Wildman–Crippen MR) is 52.6 cm³/mol. The molecule has 0 rings (SSSR count). The Kier molecular flexibility index (Phi) is 7.57. The number of aliphatic carboxylic acids is 1. The Bertz CT molecular complexity index is 207. The molecule has 0 radical (unpaired) electrons. The zero-order valence-corrected chi connectivity index (χ0v) is 9.06. The summed E-state index contributed by atoms with van der Waals surface area (Å²) in [6.07, 6.45) is 0.188. The first-order valence-corrected chi connectivity index (χ1v) is 4.60. The van der Waals surface area contributed by atoms with Crippen molar-refractivity contribution < 1.29 is 24.2 Å². The molecule has 0 unspecified atom stereocenters. The Hall–Kier alpha value is -1.14. The van der Waals surface area contributed by atoms with Gasteiger partial charge in [0.15, 0.2) is 0 Å². The molecule has 0 fully saturated rings. The highest BCUT2D eigenvalue weighted by Crippen LogP contribution is 1.91. The van der Waals surface area contributed by atoms with Crippen LogP contribution in [0.25, 0.3) is 0 Å². The summed E-state index contributed by atoms with van der Waals surface area (Å²) in [5.41, 5.74) is 0. The van der Waals surface area contributed by atoms with Gasteiger partial charge in [-0.2, -0.15) is 0 Å². The summed E-state index contributed by atoms with van der Waals surface area (Å²) in [7, 11) is 3.01. The van der Waals surface area contributed by atoms with Gasteiger partial charge in [0.25, 0.3) is 0 Å². The van der Waals surface area contributed by atoms with Crippen LogP contribution in [0.3, 0.4) is 0 Å². The SMILES string of the molecule is COCCOCCC(=O)N(C)CC(=O)O. The molecule has 88 valence electrons. The van der Waals surface area contributed by atoms with Gasteiger partial charge < -0.3 is 19.5 Å². The van der Waals surface area contributed by atoms with Crippen LogP contribution in [0.5, 0.6) is 0 Å². The van der Waals surface area contributed by atoms with Crippen LogP contribution in [-0.2, 0) is 19.1 Å². The smallest absolute Gasteiger partial charge is 0.323 e. The predicted octanol–water partition coefficient (Wildman–Crippen LogP) is -0.417. The first-order chi connectivity index (χ1) is 7.07. The van der Waals surface area contributed by atoms with Gasteiger partial charge in [-0.3, -0.25) is 9.59 Å². The average Bonchev–Trinajstić information content (AvgIpc) is 2.16. The molecule has 15 heavy (non-hydrogen) atoms. The van der Waals surface area contributed by atoms with Gasteiger partial charge in [0, 0.05) is 14.2 Å². The summed E-state index contributed by atoms with van der Waals surface area (Å²) in [5.74, 6) is -1.26. The van der Waals surface area contributed by atoms with Gasteiger partial charge in [-0.15, -0.1) is 0 Å². The van der Waals surface area contributed by atoms with E-state index in [1.54, 1.807) is 7.11 Å². The second-order valence-corrected chi connectivity index (χ2v) is 3.00. The highest BCUT2D eigenvalue weighted by atomic mass is 16.5. The minimum Gasteiger partial charge on any atom is -0.480 e. The number of carboxylic acids is 1. The Balaban J connectivity index is 3.51. The van der Waals surface area contributed by atoms with Gasteiger partial charge in [0.05, 0.1) is 26.2 Å². The number of hydrogen-bond donors (Lipinski definition) is 1. The standard InChI is InChI=1S/C9H17NO5/c1-10(7-9(12)13)8(11)3-4-15-6-5-14-2/h3-7H2,1-2H3,(H,12,13).